The van der Waals surface area contributed by atoms with Crippen LogP contribution in [0.1, 0.15) is 25.0 Å². The second-order valence-electron chi connectivity index (χ2n) is 22.9. The van der Waals surface area contributed by atoms with Crippen LogP contribution in [0, 0.1) is 0 Å². The van der Waals surface area contributed by atoms with Gasteiger partial charge in [0.2, 0.25) is 0 Å². The molecule has 1 heterocycles. The molecular weight excluding hydrogens is 1010 g/mol. The largest absolute Gasteiger partial charge is 0.310 e. The Bertz CT molecular complexity index is 4890. The van der Waals surface area contributed by atoms with Crippen molar-refractivity contribution in [2.75, 3.05) is 9.80 Å². The van der Waals surface area contributed by atoms with Gasteiger partial charge in [0.25, 0.3) is 0 Å². The summed E-state index contributed by atoms with van der Waals surface area (Å²) in [6.07, 6.45) is 0. The van der Waals surface area contributed by atoms with Gasteiger partial charge in [-0.1, -0.05) is 220 Å². The molecule has 0 atom stereocenters. The van der Waals surface area contributed by atoms with Crippen molar-refractivity contribution in [2.24, 2.45) is 0 Å². The van der Waals surface area contributed by atoms with Gasteiger partial charge in [0.05, 0.1) is 11.0 Å². The van der Waals surface area contributed by atoms with E-state index in [4.69, 9.17) is 0 Å². The molecule has 0 saturated heterocycles. The van der Waals surface area contributed by atoms with Crippen LogP contribution in [0.15, 0.2) is 309 Å². The maximum Gasteiger partial charge on any atom is 0.0542 e. The van der Waals surface area contributed by atoms with Gasteiger partial charge in [-0.05, 0) is 191 Å². The van der Waals surface area contributed by atoms with Crippen molar-refractivity contribution in [3.05, 3.63) is 321 Å². The Morgan fingerprint density at radius 1 is 0.238 bits per heavy atom. The number of benzene rings is 14. The summed E-state index contributed by atoms with van der Waals surface area (Å²) in [7, 11) is 0. The molecule has 0 spiro atoms. The summed E-state index contributed by atoms with van der Waals surface area (Å²) in [5.74, 6) is 0. The van der Waals surface area contributed by atoms with Crippen molar-refractivity contribution in [1.29, 1.82) is 0 Å². The molecule has 84 heavy (non-hydrogen) atoms. The molecule has 0 unspecified atom stereocenters. The van der Waals surface area contributed by atoms with Crippen LogP contribution in [-0.4, -0.2) is 4.57 Å². The average molecular weight is 1070 g/mol. The lowest BCUT2D eigenvalue weighted by Crippen LogP contribution is -2.16. The molecule has 14 aromatic carbocycles. The van der Waals surface area contributed by atoms with Gasteiger partial charge in [-0.3, -0.25) is 0 Å². The molecule has 1 aliphatic carbocycles. The van der Waals surface area contributed by atoms with E-state index >= 15 is 0 Å². The quantitative estimate of drug-likeness (QED) is 0.126. The summed E-state index contributed by atoms with van der Waals surface area (Å²) in [6, 6.07) is 114. The van der Waals surface area contributed by atoms with E-state index in [1.165, 1.54) is 87.6 Å². The lowest BCUT2D eigenvalue weighted by Gasteiger charge is -2.28. The van der Waals surface area contributed by atoms with Crippen molar-refractivity contribution in [3.63, 3.8) is 0 Å². The molecule has 0 N–H and O–H groups in total. The predicted molar refractivity (Wildman–Crippen MR) is 357 cm³/mol. The highest BCUT2D eigenvalue weighted by Gasteiger charge is 2.36. The molecular formula is C81H57N3. The molecule has 0 aliphatic heterocycles. The van der Waals surface area contributed by atoms with E-state index < -0.39 is 0 Å². The zero-order chi connectivity index (χ0) is 55.9. The number of aromatic nitrogens is 1. The van der Waals surface area contributed by atoms with E-state index in [1.807, 2.05) is 0 Å². The first kappa shape index (κ1) is 49.1. The zero-order valence-electron chi connectivity index (χ0n) is 46.8. The van der Waals surface area contributed by atoms with Gasteiger partial charge in [0, 0.05) is 56.0 Å². The van der Waals surface area contributed by atoms with Gasteiger partial charge < -0.3 is 14.4 Å². The number of fused-ring (bicyclic) bond motifs is 12. The first-order chi connectivity index (χ1) is 41.4. The summed E-state index contributed by atoms with van der Waals surface area (Å²) in [6.45, 7) is 4.71. The van der Waals surface area contributed by atoms with E-state index in [-0.39, 0.29) is 5.41 Å². The molecule has 0 fully saturated rings. The molecule has 1 aromatic heterocycles. The molecule has 0 amide bonds. The fraction of sp³-hybridized carbons (Fsp3) is 0.0370. The van der Waals surface area contributed by atoms with Crippen LogP contribution in [0.5, 0.6) is 0 Å². The number of nitrogens with zero attached hydrogens (tertiary/aromatic N) is 3. The van der Waals surface area contributed by atoms with E-state index in [9.17, 15) is 0 Å². The van der Waals surface area contributed by atoms with Gasteiger partial charge in [0.1, 0.15) is 0 Å². The molecule has 3 nitrogen and oxygen atoms in total. The number of anilines is 6. The van der Waals surface area contributed by atoms with Crippen LogP contribution in [0.3, 0.4) is 0 Å². The lowest BCUT2D eigenvalue weighted by molar-refractivity contribution is 0.660. The molecule has 1 aliphatic rings. The van der Waals surface area contributed by atoms with Crippen LogP contribution >= 0.6 is 0 Å². The Morgan fingerprint density at radius 2 is 0.619 bits per heavy atom. The van der Waals surface area contributed by atoms with Gasteiger partial charge in [0.15, 0.2) is 0 Å². The summed E-state index contributed by atoms with van der Waals surface area (Å²) in [4.78, 5) is 4.80. The highest BCUT2D eigenvalue weighted by molar-refractivity contribution is 6.26. The van der Waals surface area contributed by atoms with Crippen molar-refractivity contribution < 1.29 is 0 Å². The third-order valence-electron chi connectivity index (χ3n) is 17.8. The van der Waals surface area contributed by atoms with E-state index in [1.54, 1.807) is 0 Å². The van der Waals surface area contributed by atoms with Gasteiger partial charge >= 0.3 is 0 Å². The number of hydrogen-bond donors (Lipinski definition) is 0. The van der Waals surface area contributed by atoms with Crippen molar-refractivity contribution in [3.8, 4) is 50.2 Å². The average Bonchev–Trinajstić information content (AvgIpc) is 2.21. The standard InChI is InChI=1S/C81H57N3/c1-81(2)77-29-17-16-28-72(77)73-47-44-66(53-78(73)81)82(60-22-10-5-11-23-60)61-41-34-58(35-42-61)59-36-48-79-75(50-59)76-52-64(45-49-80(76)84(79)65-43-46-71-69-26-13-12-24-67(69)68-25-14-15-27-70(68)74(71)51-65)83(62-37-30-56(31-38-62)54-18-6-3-7-19-54)63-39-32-57(33-40-63)55-20-8-4-9-21-55/h3-53H,1-2H3. The molecule has 0 saturated carbocycles. The minimum absolute atomic E-state index is 0.116. The normalized spacial score (nSPS) is 12.5. The van der Waals surface area contributed by atoms with Crippen LogP contribution in [0.2, 0.25) is 0 Å². The Labute approximate surface area is 489 Å². The van der Waals surface area contributed by atoms with Crippen LogP contribution in [-0.2, 0) is 5.41 Å². The van der Waals surface area contributed by atoms with Crippen molar-refractivity contribution in [2.45, 2.75) is 19.3 Å². The van der Waals surface area contributed by atoms with Crippen LogP contribution in [0.4, 0.5) is 34.1 Å². The third kappa shape index (κ3) is 8.11. The Balaban J connectivity index is 0.860. The van der Waals surface area contributed by atoms with E-state index in [2.05, 4.69) is 338 Å². The van der Waals surface area contributed by atoms with Crippen molar-refractivity contribution >= 4 is 88.2 Å². The van der Waals surface area contributed by atoms with Crippen LogP contribution in [0.25, 0.3) is 104 Å². The maximum atomic E-state index is 2.48. The number of para-hydroxylation sites is 1. The Morgan fingerprint density at radius 3 is 1.19 bits per heavy atom. The predicted octanol–water partition coefficient (Wildman–Crippen LogP) is 22.5. The minimum Gasteiger partial charge on any atom is -0.310 e. The molecule has 16 rings (SSSR count). The smallest absolute Gasteiger partial charge is 0.0542 e. The highest BCUT2D eigenvalue weighted by Crippen LogP contribution is 2.51. The summed E-state index contributed by atoms with van der Waals surface area (Å²) >= 11 is 0. The summed E-state index contributed by atoms with van der Waals surface area (Å²) in [5.41, 5.74) is 22.3. The van der Waals surface area contributed by atoms with E-state index in [0.717, 1.165) is 62.0 Å². The van der Waals surface area contributed by atoms with E-state index in [0.29, 0.717) is 0 Å². The second-order valence-corrected chi connectivity index (χ2v) is 22.9. The molecule has 15 aromatic rings. The van der Waals surface area contributed by atoms with Crippen molar-refractivity contribution in [1.82, 2.24) is 4.57 Å². The zero-order valence-corrected chi connectivity index (χ0v) is 46.8. The van der Waals surface area contributed by atoms with Gasteiger partial charge in [-0.2, -0.15) is 0 Å². The molecule has 0 radical (unpaired) electrons. The maximum absolute atomic E-state index is 2.48. The van der Waals surface area contributed by atoms with Gasteiger partial charge in [-0.15, -0.1) is 0 Å². The summed E-state index contributed by atoms with van der Waals surface area (Å²) < 4.78 is 2.48. The number of hydrogen-bond acceptors (Lipinski definition) is 2. The molecule has 396 valence electrons. The monoisotopic (exact) mass is 1070 g/mol. The highest BCUT2D eigenvalue weighted by atomic mass is 15.1. The Kier molecular flexibility index (Phi) is 11.6. The van der Waals surface area contributed by atoms with Crippen LogP contribution < -0.4 is 9.80 Å². The topological polar surface area (TPSA) is 11.4 Å². The first-order valence-corrected chi connectivity index (χ1v) is 29.1. The molecule has 3 heteroatoms. The second kappa shape index (κ2) is 19.8. The number of rotatable bonds is 10. The SMILES string of the molecule is CC1(C)c2ccccc2-c2ccc(N(c3ccccc3)c3ccc(-c4ccc5c(c4)c4cc(N(c6ccc(-c7ccccc7)cc6)c6ccc(-c7ccccc7)cc6)ccc4n5-c4ccc5c6ccccc6c6ccccc6c5c4)cc3)cc21. The third-order valence-corrected chi connectivity index (χ3v) is 17.8. The first-order valence-electron chi connectivity index (χ1n) is 29.1. The Hall–Kier alpha value is -10.7. The lowest BCUT2D eigenvalue weighted by atomic mass is 9.82. The van der Waals surface area contributed by atoms with Gasteiger partial charge in [-0.25, -0.2) is 0 Å². The summed E-state index contributed by atoms with van der Waals surface area (Å²) in [5, 5.41) is 9.92. The fourth-order valence-electron chi connectivity index (χ4n) is 13.6. The fourth-order valence-corrected chi connectivity index (χ4v) is 13.6. The minimum atomic E-state index is -0.116. The molecule has 0 bridgehead atoms.